The summed E-state index contributed by atoms with van der Waals surface area (Å²) in [4.78, 5) is 16.3. The number of aryl methyl sites for hydroxylation is 1. The SMILES string of the molecule is CCc1ccc(NC(=O)CSc2n[nH]c(/C=C/c3ccc(F)cc3)n2)cc1. The van der Waals surface area contributed by atoms with Gasteiger partial charge in [0.15, 0.2) is 0 Å². The number of carbonyl (C=O) groups is 1. The third-order valence-corrected chi connectivity index (χ3v) is 4.61. The molecule has 0 aliphatic rings. The minimum absolute atomic E-state index is 0.113. The molecule has 0 atom stereocenters. The molecule has 0 aliphatic carbocycles. The Kier molecular flexibility index (Phi) is 6.38. The van der Waals surface area contributed by atoms with Gasteiger partial charge in [0.2, 0.25) is 11.1 Å². The van der Waals surface area contributed by atoms with Gasteiger partial charge < -0.3 is 5.32 Å². The summed E-state index contributed by atoms with van der Waals surface area (Å²) < 4.78 is 12.9. The second-order valence-corrected chi connectivity index (χ2v) is 6.72. The predicted molar refractivity (Wildman–Crippen MR) is 107 cm³/mol. The van der Waals surface area contributed by atoms with Gasteiger partial charge in [0.25, 0.3) is 0 Å². The van der Waals surface area contributed by atoms with Crippen LogP contribution in [0.25, 0.3) is 12.2 Å². The second-order valence-electron chi connectivity index (χ2n) is 5.78. The first-order chi connectivity index (χ1) is 13.1. The Hall–Kier alpha value is -2.93. The lowest BCUT2D eigenvalue weighted by molar-refractivity contribution is -0.113. The Balaban J connectivity index is 1.49. The minimum atomic E-state index is -0.273. The van der Waals surface area contributed by atoms with Gasteiger partial charge in [-0.15, -0.1) is 5.10 Å². The molecule has 5 nitrogen and oxygen atoms in total. The first kappa shape index (κ1) is 18.8. The normalized spacial score (nSPS) is 11.0. The summed E-state index contributed by atoms with van der Waals surface area (Å²) in [7, 11) is 0. The van der Waals surface area contributed by atoms with Gasteiger partial charge in [-0.25, -0.2) is 9.37 Å². The zero-order valence-corrected chi connectivity index (χ0v) is 15.6. The van der Waals surface area contributed by atoms with Gasteiger partial charge in [0, 0.05) is 5.69 Å². The average molecular weight is 382 g/mol. The first-order valence-electron chi connectivity index (χ1n) is 8.50. The van der Waals surface area contributed by atoms with E-state index in [0.29, 0.717) is 11.0 Å². The zero-order valence-electron chi connectivity index (χ0n) is 14.8. The fraction of sp³-hybridized carbons (Fsp3) is 0.150. The van der Waals surface area contributed by atoms with Crippen LogP contribution in [0, 0.1) is 5.82 Å². The van der Waals surface area contributed by atoms with Gasteiger partial charge in [0.1, 0.15) is 11.6 Å². The van der Waals surface area contributed by atoms with Gasteiger partial charge >= 0.3 is 0 Å². The third-order valence-electron chi connectivity index (χ3n) is 3.76. The average Bonchev–Trinajstić information content (AvgIpc) is 3.14. The van der Waals surface area contributed by atoms with E-state index < -0.39 is 0 Å². The number of aromatic nitrogens is 3. The minimum Gasteiger partial charge on any atom is -0.325 e. The Bertz CT molecular complexity index is 920. The van der Waals surface area contributed by atoms with Crippen LogP contribution in [-0.4, -0.2) is 26.8 Å². The molecule has 7 heteroatoms. The quantitative estimate of drug-likeness (QED) is 0.594. The Labute approximate surface area is 161 Å². The number of carbonyl (C=O) groups excluding carboxylic acids is 1. The van der Waals surface area contributed by atoms with E-state index >= 15 is 0 Å². The van der Waals surface area contributed by atoms with Crippen LogP contribution >= 0.6 is 11.8 Å². The number of nitrogens with one attached hydrogen (secondary N) is 2. The lowest BCUT2D eigenvalue weighted by atomic mass is 10.1. The summed E-state index contributed by atoms with van der Waals surface area (Å²) in [6.45, 7) is 2.09. The van der Waals surface area contributed by atoms with Crippen molar-refractivity contribution in [2.24, 2.45) is 0 Å². The predicted octanol–water partition coefficient (Wildman–Crippen LogP) is 4.41. The number of thioether (sulfide) groups is 1. The van der Waals surface area contributed by atoms with Crippen molar-refractivity contribution in [3.8, 4) is 0 Å². The molecule has 0 radical (unpaired) electrons. The Morgan fingerprint density at radius 3 is 2.59 bits per heavy atom. The van der Waals surface area contributed by atoms with Crippen LogP contribution in [0.5, 0.6) is 0 Å². The van der Waals surface area contributed by atoms with Crippen molar-refractivity contribution >= 4 is 35.5 Å². The number of aromatic amines is 1. The molecular formula is C20H19FN4OS. The fourth-order valence-corrected chi connectivity index (χ4v) is 2.90. The smallest absolute Gasteiger partial charge is 0.234 e. The summed E-state index contributed by atoms with van der Waals surface area (Å²) in [5, 5.41) is 10.2. The maximum atomic E-state index is 12.9. The van der Waals surface area contributed by atoms with E-state index in [9.17, 15) is 9.18 Å². The molecule has 1 amide bonds. The Morgan fingerprint density at radius 1 is 1.15 bits per heavy atom. The van der Waals surface area contributed by atoms with E-state index in [-0.39, 0.29) is 17.5 Å². The van der Waals surface area contributed by atoms with Gasteiger partial charge in [-0.1, -0.05) is 49.0 Å². The van der Waals surface area contributed by atoms with E-state index in [2.05, 4.69) is 27.4 Å². The van der Waals surface area contributed by atoms with Crippen molar-refractivity contribution in [2.45, 2.75) is 18.5 Å². The molecule has 0 bridgehead atoms. The van der Waals surface area contributed by atoms with E-state index in [0.717, 1.165) is 17.7 Å². The van der Waals surface area contributed by atoms with Crippen molar-refractivity contribution in [3.05, 3.63) is 71.3 Å². The van der Waals surface area contributed by atoms with Crippen LogP contribution in [0.3, 0.4) is 0 Å². The standard InChI is InChI=1S/C20H19FN4OS/c1-2-14-5-10-17(11-6-14)22-19(26)13-27-20-23-18(24-25-20)12-7-15-3-8-16(21)9-4-15/h3-12H,2,13H2,1H3,(H,22,26)(H,23,24,25)/b12-7+. The van der Waals surface area contributed by atoms with Gasteiger partial charge in [-0.2, -0.15) is 0 Å². The topological polar surface area (TPSA) is 70.7 Å². The third kappa shape index (κ3) is 5.79. The molecule has 0 spiro atoms. The van der Waals surface area contributed by atoms with Crippen molar-refractivity contribution < 1.29 is 9.18 Å². The molecule has 0 unspecified atom stereocenters. The molecule has 0 aliphatic heterocycles. The Morgan fingerprint density at radius 2 is 1.89 bits per heavy atom. The highest BCUT2D eigenvalue weighted by Gasteiger charge is 2.07. The number of anilines is 1. The molecule has 0 saturated heterocycles. The number of halogens is 1. The highest BCUT2D eigenvalue weighted by Crippen LogP contribution is 2.15. The molecule has 0 saturated carbocycles. The molecule has 27 heavy (non-hydrogen) atoms. The highest BCUT2D eigenvalue weighted by molar-refractivity contribution is 7.99. The molecule has 2 N–H and O–H groups in total. The molecule has 3 rings (SSSR count). The van der Waals surface area contributed by atoms with Crippen LogP contribution in [0.2, 0.25) is 0 Å². The van der Waals surface area contributed by atoms with Crippen LogP contribution in [0.4, 0.5) is 10.1 Å². The summed E-state index contributed by atoms with van der Waals surface area (Å²) in [5.74, 6) is 0.397. The van der Waals surface area contributed by atoms with Crippen molar-refractivity contribution in [3.63, 3.8) is 0 Å². The number of H-pyrrole nitrogens is 1. The van der Waals surface area contributed by atoms with E-state index in [1.54, 1.807) is 24.3 Å². The van der Waals surface area contributed by atoms with Crippen molar-refractivity contribution in [1.29, 1.82) is 0 Å². The summed E-state index contributed by atoms with van der Waals surface area (Å²) >= 11 is 1.25. The van der Waals surface area contributed by atoms with Crippen LogP contribution < -0.4 is 5.32 Å². The molecular weight excluding hydrogens is 363 g/mol. The molecule has 0 fully saturated rings. The largest absolute Gasteiger partial charge is 0.325 e. The lowest BCUT2D eigenvalue weighted by Crippen LogP contribution is -2.14. The maximum absolute atomic E-state index is 12.9. The van der Waals surface area contributed by atoms with Crippen LogP contribution in [0.15, 0.2) is 53.7 Å². The van der Waals surface area contributed by atoms with Crippen LogP contribution in [0.1, 0.15) is 23.9 Å². The second kappa shape index (κ2) is 9.14. The van der Waals surface area contributed by atoms with E-state index in [1.807, 2.05) is 24.3 Å². The van der Waals surface area contributed by atoms with E-state index in [4.69, 9.17) is 0 Å². The highest BCUT2D eigenvalue weighted by atomic mass is 32.2. The van der Waals surface area contributed by atoms with Crippen molar-refractivity contribution in [2.75, 3.05) is 11.1 Å². The van der Waals surface area contributed by atoms with Gasteiger partial charge in [-0.05, 0) is 47.9 Å². The molecule has 1 aromatic heterocycles. The fourth-order valence-electron chi connectivity index (χ4n) is 2.30. The number of rotatable bonds is 7. The lowest BCUT2D eigenvalue weighted by Gasteiger charge is -2.04. The number of hydrogen-bond acceptors (Lipinski definition) is 4. The number of amides is 1. The molecule has 138 valence electrons. The van der Waals surface area contributed by atoms with Crippen LogP contribution in [-0.2, 0) is 11.2 Å². The van der Waals surface area contributed by atoms with Crippen molar-refractivity contribution in [1.82, 2.24) is 15.2 Å². The summed E-state index contributed by atoms with van der Waals surface area (Å²) in [6, 6.07) is 13.9. The molecule has 3 aromatic rings. The van der Waals surface area contributed by atoms with Gasteiger partial charge in [0.05, 0.1) is 5.75 Å². The number of benzene rings is 2. The summed E-state index contributed by atoms with van der Waals surface area (Å²) in [5.41, 5.74) is 2.86. The first-order valence-corrected chi connectivity index (χ1v) is 9.48. The van der Waals surface area contributed by atoms with E-state index in [1.165, 1.54) is 29.5 Å². The zero-order chi connectivity index (χ0) is 19.1. The summed E-state index contributed by atoms with van der Waals surface area (Å²) in [6.07, 6.45) is 4.52. The number of hydrogen-bond donors (Lipinski definition) is 2. The molecule has 2 aromatic carbocycles. The molecule has 1 heterocycles. The monoisotopic (exact) mass is 382 g/mol. The maximum Gasteiger partial charge on any atom is 0.234 e. The van der Waals surface area contributed by atoms with Gasteiger partial charge in [-0.3, -0.25) is 9.89 Å². The number of nitrogens with zero attached hydrogens (tertiary/aromatic N) is 2.